The van der Waals surface area contributed by atoms with Gasteiger partial charge in [0.15, 0.2) is 0 Å². The van der Waals surface area contributed by atoms with Crippen LogP contribution in [0.3, 0.4) is 0 Å². The Morgan fingerprint density at radius 2 is 2.31 bits per heavy atom. The molecule has 0 aliphatic heterocycles. The monoisotopic (exact) mass is 197 g/mol. The van der Waals surface area contributed by atoms with Crippen LogP contribution in [0.5, 0.6) is 0 Å². The first-order chi connectivity index (χ1) is 6.09. The summed E-state index contributed by atoms with van der Waals surface area (Å²) in [6.45, 7) is 1.74. The van der Waals surface area contributed by atoms with Crippen LogP contribution in [0, 0.1) is 0 Å². The van der Waals surface area contributed by atoms with Crippen LogP contribution in [-0.4, -0.2) is 16.1 Å². The molecule has 0 spiro atoms. The molecule has 1 amide bonds. The molecule has 1 heterocycles. The first-order valence-electron chi connectivity index (χ1n) is 3.77. The number of carbonyl (C=O) groups excluding carboxylic acids is 1. The highest BCUT2D eigenvalue weighted by atomic mass is 32.2. The first kappa shape index (κ1) is 9.85. The summed E-state index contributed by atoms with van der Waals surface area (Å²) in [6.07, 6.45) is 1.55. The maximum atomic E-state index is 10.7. The SMILES string of the molecule is CC(Sc1ccc(N)cn1)C(N)=O. The molecule has 0 aliphatic carbocycles. The zero-order chi connectivity index (χ0) is 9.84. The van der Waals surface area contributed by atoms with Crippen molar-refractivity contribution in [2.24, 2.45) is 5.73 Å². The fourth-order valence-corrected chi connectivity index (χ4v) is 1.44. The Balaban J connectivity index is 2.64. The van der Waals surface area contributed by atoms with E-state index in [1.165, 1.54) is 11.8 Å². The first-order valence-corrected chi connectivity index (χ1v) is 4.65. The average Bonchev–Trinajstić information content (AvgIpc) is 2.08. The van der Waals surface area contributed by atoms with Crippen LogP contribution in [-0.2, 0) is 4.79 Å². The van der Waals surface area contributed by atoms with E-state index < -0.39 is 0 Å². The van der Waals surface area contributed by atoms with Gasteiger partial charge in [-0.25, -0.2) is 4.98 Å². The summed E-state index contributed by atoms with van der Waals surface area (Å²) in [5, 5.41) is 0.483. The Bertz CT molecular complexity index is 299. The van der Waals surface area contributed by atoms with E-state index in [9.17, 15) is 4.79 Å². The van der Waals surface area contributed by atoms with E-state index in [4.69, 9.17) is 11.5 Å². The molecular formula is C8H11N3OS. The quantitative estimate of drug-likeness (QED) is 0.696. The molecule has 5 heteroatoms. The number of hydrogen-bond acceptors (Lipinski definition) is 4. The number of nitrogen functional groups attached to an aromatic ring is 1. The number of aromatic nitrogens is 1. The summed E-state index contributed by atoms with van der Waals surface area (Å²) in [4.78, 5) is 14.8. The molecule has 0 aliphatic rings. The van der Waals surface area contributed by atoms with Crippen LogP contribution in [0.15, 0.2) is 23.4 Å². The third-order valence-corrected chi connectivity index (χ3v) is 2.53. The maximum absolute atomic E-state index is 10.7. The number of rotatable bonds is 3. The number of amides is 1. The lowest BCUT2D eigenvalue weighted by molar-refractivity contribution is -0.117. The van der Waals surface area contributed by atoms with Gasteiger partial charge in [0, 0.05) is 0 Å². The standard InChI is InChI=1S/C8H11N3OS/c1-5(8(10)12)13-7-3-2-6(9)4-11-7/h2-5H,9H2,1H3,(H2,10,12). The zero-order valence-corrected chi connectivity index (χ0v) is 8.04. The summed E-state index contributed by atoms with van der Waals surface area (Å²) in [5.74, 6) is -0.344. The highest BCUT2D eigenvalue weighted by molar-refractivity contribution is 8.00. The van der Waals surface area contributed by atoms with Gasteiger partial charge in [-0.1, -0.05) is 11.8 Å². The van der Waals surface area contributed by atoms with Crippen molar-refractivity contribution in [2.75, 3.05) is 5.73 Å². The van der Waals surface area contributed by atoms with Crippen LogP contribution < -0.4 is 11.5 Å². The van der Waals surface area contributed by atoms with E-state index in [1.807, 2.05) is 0 Å². The van der Waals surface area contributed by atoms with Crippen LogP contribution in [0.25, 0.3) is 0 Å². The summed E-state index contributed by atoms with van der Waals surface area (Å²) in [7, 11) is 0. The summed E-state index contributed by atoms with van der Waals surface area (Å²) >= 11 is 1.32. The van der Waals surface area contributed by atoms with E-state index in [1.54, 1.807) is 25.3 Å². The van der Waals surface area contributed by atoms with Gasteiger partial charge in [-0.3, -0.25) is 4.79 Å². The minimum absolute atomic E-state index is 0.267. The molecule has 0 aromatic carbocycles. The molecule has 1 atom stereocenters. The number of pyridine rings is 1. The second-order valence-electron chi connectivity index (χ2n) is 2.59. The predicted octanol–water partition coefficient (Wildman–Crippen LogP) is 0.630. The molecule has 70 valence electrons. The van der Waals surface area contributed by atoms with E-state index in [-0.39, 0.29) is 11.2 Å². The smallest absolute Gasteiger partial charge is 0.230 e. The number of carbonyl (C=O) groups is 1. The Morgan fingerprint density at radius 1 is 1.62 bits per heavy atom. The molecule has 4 nitrogen and oxygen atoms in total. The third kappa shape index (κ3) is 2.95. The van der Waals surface area contributed by atoms with E-state index in [0.717, 1.165) is 5.03 Å². The Morgan fingerprint density at radius 3 is 2.77 bits per heavy atom. The number of hydrogen-bond donors (Lipinski definition) is 2. The zero-order valence-electron chi connectivity index (χ0n) is 7.23. The number of primary amides is 1. The fraction of sp³-hybridized carbons (Fsp3) is 0.250. The summed E-state index contributed by atoms with van der Waals surface area (Å²) in [5.41, 5.74) is 11.2. The van der Waals surface area contributed by atoms with Crippen molar-refractivity contribution in [3.05, 3.63) is 18.3 Å². The highest BCUT2D eigenvalue weighted by Gasteiger charge is 2.10. The minimum Gasteiger partial charge on any atom is -0.397 e. The molecule has 0 radical (unpaired) electrons. The number of anilines is 1. The molecule has 0 saturated carbocycles. The predicted molar refractivity (Wildman–Crippen MR) is 53.2 cm³/mol. The lowest BCUT2D eigenvalue weighted by Gasteiger charge is -2.05. The van der Waals surface area contributed by atoms with Crippen molar-refractivity contribution < 1.29 is 4.79 Å². The Labute approximate surface area is 80.7 Å². The second kappa shape index (κ2) is 4.13. The third-order valence-electron chi connectivity index (χ3n) is 1.46. The highest BCUT2D eigenvalue weighted by Crippen LogP contribution is 2.20. The number of thioether (sulfide) groups is 1. The maximum Gasteiger partial charge on any atom is 0.230 e. The van der Waals surface area contributed by atoms with E-state index in [2.05, 4.69) is 4.98 Å². The van der Waals surface area contributed by atoms with Gasteiger partial charge in [0.25, 0.3) is 0 Å². The summed E-state index contributed by atoms with van der Waals surface area (Å²) < 4.78 is 0. The molecule has 1 unspecified atom stereocenters. The van der Waals surface area contributed by atoms with Gasteiger partial charge < -0.3 is 11.5 Å². The average molecular weight is 197 g/mol. The van der Waals surface area contributed by atoms with Crippen LogP contribution in [0.1, 0.15) is 6.92 Å². The molecule has 0 bridgehead atoms. The van der Waals surface area contributed by atoms with E-state index >= 15 is 0 Å². The Hall–Kier alpha value is -1.23. The lowest BCUT2D eigenvalue weighted by Crippen LogP contribution is -2.22. The molecular weight excluding hydrogens is 186 g/mol. The molecule has 1 aromatic rings. The van der Waals surface area contributed by atoms with Gasteiger partial charge in [0.2, 0.25) is 5.91 Å². The van der Waals surface area contributed by atoms with Gasteiger partial charge in [-0.05, 0) is 19.1 Å². The van der Waals surface area contributed by atoms with Crippen LogP contribution in [0.4, 0.5) is 5.69 Å². The second-order valence-corrected chi connectivity index (χ2v) is 3.95. The molecule has 1 rings (SSSR count). The van der Waals surface area contributed by atoms with Gasteiger partial charge in [0.1, 0.15) is 0 Å². The van der Waals surface area contributed by atoms with E-state index in [0.29, 0.717) is 5.69 Å². The largest absolute Gasteiger partial charge is 0.397 e. The molecule has 0 saturated heterocycles. The molecule has 13 heavy (non-hydrogen) atoms. The lowest BCUT2D eigenvalue weighted by atomic mass is 10.4. The van der Waals surface area contributed by atoms with Crippen molar-refractivity contribution in [2.45, 2.75) is 17.2 Å². The topological polar surface area (TPSA) is 82.0 Å². The number of nitrogens with two attached hydrogens (primary N) is 2. The van der Waals surface area contributed by atoms with Gasteiger partial charge in [-0.2, -0.15) is 0 Å². The molecule has 1 aromatic heterocycles. The molecule has 0 fully saturated rings. The van der Waals surface area contributed by atoms with Crippen molar-refractivity contribution >= 4 is 23.4 Å². The van der Waals surface area contributed by atoms with Crippen LogP contribution in [0.2, 0.25) is 0 Å². The normalized spacial score (nSPS) is 12.4. The summed E-state index contributed by atoms with van der Waals surface area (Å²) in [6, 6.07) is 3.50. The number of nitrogens with zero attached hydrogens (tertiary/aromatic N) is 1. The fourth-order valence-electron chi connectivity index (χ4n) is 0.701. The van der Waals surface area contributed by atoms with Crippen molar-refractivity contribution in [3.63, 3.8) is 0 Å². The Kier molecular flexibility index (Phi) is 3.13. The van der Waals surface area contributed by atoms with Crippen molar-refractivity contribution in [1.29, 1.82) is 0 Å². The van der Waals surface area contributed by atoms with Crippen molar-refractivity contribution in [3.8, 4) is 0 Å². The van der Waals surface area contributed by atoms with Gasteiger partial charge >= 0.3 is 0 Å². The van der Waals surface area contributed by atoms with Gasteiger partial charge in [0.05, 0.1) is 22.2 Å². The minimum atomic E-state index is -0.344. The van der Waals surface area contributed by atoms with Gasteiger partial charge in [-0.15, -0.1) is 0 Å². The van der Waals surface area contributed by atoms with Crippen molar-refractivity contribution in [1.82, 2.24) is 4.98 Å². The van der Waals surface area contributed by atoms with Crippen LogP contribution >= 0.6 is 11.8 Å². The molecule has 4 N–H and O–H groups in total.